The van der Waals surface area contributed by atoms with Crippen LogP contribution in [0.25, 0.3) is 0 Å². The van der Waals surface area contributed by atoms with Crippen molar-refractivity contribution in [1.29, 1.82) is 0 Å². The van der Waals surface area contributed by atoms with Crippen molar-refractivity contribution in [3.63, 3.8) is 0 Å². The molecule has 0 saturated carbocycles. The summed E-state index contributed by atoms with van der Waals surface area (Å²) in [6.07, 6.45) is -3.50. The lowest BCUT2D eigenvalue weighted by atomic mass is 9.97. The molecular formula is C14H19NO8. The number of carbonyl (C=O) groups excluding carboxylic acids is 3. The molecule has 2 rings (SSSR count). The standard InChI is InChI=1S/C14H19NO8/c1-6-15-11-13(22-9(4)18)12(21-8(3)17)10(5-19-7(2)16)23-14(11)20-6/h10-14H,5H2,1-4H3/t10?,11?,12?,13-,14-/m1/s1. The van der Waals surface area contributed by atoms with Gasteiger partial charge in [-0.1, -0.05) is 0 Å². The zero-order chi connectivity index (χ0) is 17.1. The van der Waals surface area contributed by atoms with Gasteiger partial charge in [-0.05, 0) is 0 Å². The molecule has 5 atom stereocenters. The summed E-state index contributed by atoms with van der Waals surface area (Å²) in [6.45, 7) is 5.17. The smallest absolute Gasteiger partial charge is 0.303 e. The molecule has 0 spiro atoms. The highest BCUT2D eigenvalue weighted by Crippen LogP contribution is 2.32. The summed E-state index contributed by atoms with van der Waals surface area (Å²) >= 11 is 0. The number of fused-ring (bicyclic) bond motifs is 1. The van der Waals surface area contributed by atoms with Gasteiger partial charge in [0.1, 0.15) is 12.7 Å². The van der Waals surface area contributed by atoms with Gasteiger partial charge in [0.25, 0.3) is 0 Å². The van der Waals surface area contributed by atoms with Crippen molar-refractivity contribution in [2.75, 3.05) is 6.61 Å². The Labute approximate surface area is 132 Å². The number of ether oxygens (including phenoxy) is 5. The van der Waals surface area contributed by atoms with Crippen LogP contribution in [0.2, 0.25) is 0 Å². The van der Waals surface area contributed by atoms with E-state index in [0.29, 0.717) is 5.90 Å². The Balaban J connectivity index is 2.26. The number of aliphatic imine (C=N–C) groups is 1. The highest BCUT2D eigenvalue weighted by molar-refractivity contribution is 5.75. The average Bonchev–Trinajstić information content (AvgIpc) is 2.78. The largest absolute Gasteiger partial charge is 0.463 e. The summed E-state index contributed by atoms with van der Waals surface area (Å²) in [4.78, 5) is 38.1. The van der Waals surface area contributed by atoms with E-state index in [-0.39, 0.29) is 6.61 Å². The molecule has 9 nitrogen and oxygen atoms in total. The Morgan fingerprint density at radius 3 is 2.22 bits per heavy atom. The molecule has 0 aromatic rings. The number of esters is 3. The molecule has 9 heteroatoms. The Hall–Kier alpha value is -2.16. The summed E-state index contributed by atoms with van der Waals surface area (Å²) in [5.41, 5.74) is 0. The first kappa shape index (κ1) is 17.2. The van der Waals surface area contributed by atoms with E-state index >= 15 is 0 Å². The maximum absolute atomic E-state index is 11.4. The van der Waals surface area contributed by atoms with Crippen LogP contribution in [0.4, 0.5) is 0 Å². The second-order valence-electron chi connectivity index (χ2n) is 5.25. The van der Waals surface area contributed by atoms with Gasteiger partial charge in [-0.2, -0.15) is 0 Å². The van der Waals surface area contributed by atoms with Crippen molar-refractivity contribution >= 4 is 23.8 Å². The van der Waals surface area contributed by atoms with Crippen molar-refractivity contribution in [1.82, 2.24) is 0 Å². The van der Waals surface area contributed by atoms with E-state index in [4.69, 9.17) is 23.7 Å². The maximum Gasteiger partial charge on any atom is 0.303 e. The minimum Gasteiger partial charge on any atom is -0.463 e. The summed E-state index contributed by atoms with van der Waals surface area (Å²) in [7, 11) is 0. The fourth-order valence-electron chi connectivity index (χ4n) is 2.53. The molecule has 1 fully saturated rings. The second-order valence-corrected chi connectivity index (χ2v) is 5.25. The highest BCUT2D eigenvalue weighted by atomic mass is 16.7. The molecule has 2 aliphatic heterocycles. The van der Waals surface area contributed by atoms with Gasteiger partial charge in [0.2, 0.25) is 6.29 Å². The topological polar surface area (TPSA) is 110 Å². The highest BCUT2D eigenvalue weighted by Gasteiger charge is 2.53. The predicted octanol–water partition coefficient (Wildman–Crippen LogP) is -0.0450. The van der Waals surface area contributed by atoms with Crippen LogP contribution in [0.15, 0.2) is 4.99 Å². The van der Waals surface area contributed by atoms with Crippen molar-refractivity contribution in [3.05, 3.63) is 0 Å². The van der Waals surface area contributed by atoms with Gasteiger partial charge in [-0.15, -0.1) is 0 Å². The van der Waals surface area contributed by atoms with Gasteiger partial charge < -0.3 is 23.7 Å². The molecular weight excluding hydrogens is 310 g/mol. The third-order valence-electron chi connectivity index (χ3n) is 3.29. The number of hydrogen-bond acceptors (Lipinski definition) is 9. The monoisotopic (exact) mass is 329 g/mol. The molecule has 3 unspecified atom stereocenters. The molecule has 2 aliphatic rings. The molecule has 128 valence electrons. The van der Waals surface area contributed by atoms with E-state index in [1.54, 1.807) is 6.92 Å². The second kappa shape index (κ2) is 6.95. The molecule has 0 radical (unpaired) electrons. The van der Waals surface area contributed by atoms with Crippen LogP contribution in [0.3, 0.4) is 0 Å². The summed E-state index contributed by atoms with van der Waals surface area (Å²) in [5.74, 6) is -1.28. The summed E-state index contributed by atoms with van der Waals surface area (Å²) in [6, 6.07) is -0.656. The fourth-order valence-corrected chi connectivity index (χ4v) is 2.53. The normalized spacial score (nSPS) is 32.2. The molecule has 0 aromatic carbocycles. The number of hydrogen-bond donors (Lipinski definition) is 0. The minimum absolute atomic E-state index is 0.170. The van der Waals surface area contributed by atoms with Gasteiger partial charge in [-0.3, -0.25) is 14.4 Å². The van der Waals surface area contributed by atoms with Crippen molar-refractivity contribution < 1.29 is 38.1 Å². The first-order valence-corrected chi connectivity index (χ1v) is 7.12. The molecule has 0 amide bonds. The molecule has 1 saturated heterocycles. The van der Waals surface area contributed by atoms with Gasteiger partial charge >= 0.3 is 17.9 Å². The molecule has 2 heterocycles. The van der Waals surface area contributed by atoms with Crippen molar-refractivity contribution in [3.8, 4) is 0 Å². The van der Waals surface area contributed by atoms with Gasteiger partial charge in [0, 0.05) is 27.7 Å². The minimum atomic E-state index is -0.963. The Morgan fingerprint density at radius 2 is 1.65 bits per heavy atom. The molecule has 0 aliphatic carbocycles. The first-order chi connectivity index (χ1) is 10.8. The molecule has 0 bridgehead atoms. The lowest BCUT2D eigenvalue weighted by Gasteiger charge is -2.40. The zero-order valence-electron chi connectivity index (χ0n) is 13.3. The third kappa shape index (κ3) is 4.19. The Kier molecular flexibility index (Phi) is 5.19. The van der Waals surface area contributed by atoms with E-state index in [1.165, 1.54) is 20.8 Å². The maximum atomic E-state index is 11.4. The average molecular weight is 329 g/mol. The lowest BCUT2D eigenvalue weighted by molar-refractivity contribution is -0.249. The SMILES string of the molecule is CC(=O)OCC1O[C@H]2OC(C)=NC2[C@@H](OC(C)=O)C1OC(C)=O. The quantitative estimate of drug-likeness (QED) is 0.522. The Bertz CT molecular complexity index is 531. The number of carbonyl (C=O) groups is 3. The van der Waals surface area contributed by atoms with Crippen LogP contribution < -0.4 is 0 Å². The van der Waals surface area contributed by atoms with Crippen LogP contribution in [0, 0.1) is 0 Å². The third-order valence-corrected chi connectivity index (χ3v) is 3.29. The molecule has 0 aromatic heterocycles. The van der Waals surface area contributed by atoms with Crippen molar-refractivity contribution in [2.45, 2.75) is 58.3 Å². The van der Waals surface area contributed by atoms with Crippen molar-refractivity contribution in [2.24, 2.45) is 4.99 Å². The van der Waals surface area contributed by atoms with Gasteiger partial charge in [0.05, 0.1) is 0 Å². The van der Waals surface area contributed by atoms with E-state index in [1.807, 2.05) is 0 Å². The summed E-state index contributed by atoms with van der Waals surface area (Å²) in [5, 5.41) is 0. The van der Waals surface area contributed by atoms with E-state index in [2.05, 4.69) is 4.99 Å². The van der Waals surface area contributed by atoms with Gasteiger partial charge in [0.15, 0.2) is 24.1 Å². The van der Waals surface area contributed by atoms with E-state index in [9.17, 15) is 14.4 Å². The summed E-state index contributed by atoms with van der Waals surface area (Å²) < 4.78 is 26.5. The van der Waals surface area contributed by atoms with Crippen LogP contribution in [-0.2, 0) is 38.1 Å². The molecule has 23 heavy (non-hydrogen) atoms. The van der Waals surface area contributed by atoms with Gasteiger partial charge in [-0.25, -0.2) is 4.99 Å². The number of rotatable bonds is 4. The lowest BCUT2D eigenvalue weighted by Crippen LogP contribution is -2.60. The van der Waals surface area contributed by atoms with Crippen LogP contribution in [-0.4, -0.2) is 61.1 Å². The Morgan fingerprint density at radius 1 is 1.04 bits per heavy atom. The predicted molar refractivity (Wildman–Crippen MR) is 74.4 cm³/mol. The van der Waals surface area contributed by atoms with E-state index < -0.39 is 48.6 Å². The van der Waals surface area contributed by atoms with Crippen LogP contribution in [0.1, 0.15) is 27.7 Å². The van der Waals surface area contributed by atoms with Crippen LogP contribution in [0.5, 0.6) is 0 Å². The molecule has 0 N–H and O–H groups in total. The fraction of sp³-hybridized carbons (Fsp3) is 0.714. The van der Waals surface area contributed by atoms with Crippen LogP contribution >= 0.6 is 0 Å². The number of nitrogens with zero attached hydrogens (tertiary/aromatic N) is 1. The zero-order valence-corrected chi connectivity index (χ0v) is 13.3. The first-order valence-electron chi connectivity index (χ1n) is 7.12. The van der Waals surface area contributed by atoms with E-state index in [0.717, 1.165) is 0 Å².